The highest BCUT2D eigenvalue weighted by atomic mass is 32.2. The van der Waals surface area contributed by atoms with Crippen LogP contribution in [0.2, 0.25) is 0 Å². The van der Waals surface area contributed by atoms with Crippen LogP contribution >= 0.6 is 0 Å². The third-order valence-electron chi connectivity index (χ3n) is 2.93. The second-order valence-electron chi connectivity index (χ2n) is 4.54. The Morgan fingerprint density at radius 3 is 2.89 bits per heavy atom. The summed E-state index contributed by atoms with van der Waals surface area (Å²) in [4.78, 5) is 0. The molecular weight excluding hydrogens is 255 g/mol. The summed E-state index contributed by atoms with van der Waals surface area (Å²) in [5.41, 5.74) is 0.269. The fourth-order valence-corrected chi connectivity index (χ4v) is 3.49. The SMILES string of the molecule is O=S(=O)(CC1CCCCN1)Nc1cccc(F)c1. The van der Waals surface area contributed by atoms with Crippen molar-refractivity contribution in [3.8, 4) is 0 Å². The molecule has 2 N–H and O–H groups in total. The van der Waals surface area contributed by atoms with E-state index in [1.807, 2.05) is 0 Å². The zero-order valence-corrected chi connectivity index (χ0v) is 10.8. The summed E-state index contributed by atoms with van der Waals surface area (Å²) < 4.78 is 39.2. The minimum Gasteiger partial charge on any atom is -0.313 e. The fraction of sp³-hybridized carbons (Fsp3) is 0.500. The molecule has 1 heterocycles. The van der Waals surface area contributed by atoms with Crippen LogP contribution in [-0.2, 0) is 10.0 Å². The Morgan fingerprint density at radius 2 is 2.22 bits per heavy atom. The summed E-state index contributed by atoms with van der Waals surface area (Å²) in [5.74, 6) is -0.422. The van der Waals surface area contributed by atoms with Gasteiger partial charge in [0.2, 0.25) is 10.0 Å². The molecular formula is C12H17FN2O2S. The van der Waals surface area contributed by atoms with Gasteiger partial charge >= 0.3 is 0 Å². The van der Waals surface area contributed by atoms with Crippen LogP contribution in [-0.4, -0.2) is 26.8 Å². The number of sulfonamides is 1. The summed E-state index contributed by atoms with van der Waals surface area (Å²) in [5, 5.41) is 3.18. The van der Waals surface area contributed by atoms with Crippen molar-refractivity contribution in [1.82, 2.24) is 5.32 Å². The van der Waals surface area contributed by atoms with Gasteiger partial charge in [-0.25, -0.2) is 12.8 Å². The molecule has 1 unspecified atom stereocenters. The normalized spacial score (nSPS) is 20.6. The maximum atomic E-state index is 13.0. The van der Waals surface area contributed by atoms with Gasteiger partial charge in [-0.15, -0.1) is 0 Å². The van der Waals surface area contributed by atoms with Crippen LogP contribution in [0.25, 0.3) is 0 Å². The van der Waals surface area contributed by atoms with Crippen LogP contribution in [0, 0.1) is 5.82 Å². The summed E-state index contributed by atoms with van der Waals surface area (Å²) in [6.07, 6.45) is 3.01. The fourth-order valence-electron chi connectivity index (χ4n) is 2.10. The zero-order valence-electron chi connectivity index (χ0n) is 10.0. The van der Waals surface area contributed by atoms with Crippen molar-refractivity contribution in [3.63, 3.8) is 0 Å². The number of rotatable bonds is 4. The average molecular weight is 272 g/mol. The van der Waals surface area contributed by atoms with Gasteiger partial charge in [0.1, 0.15) is 5.82 Å². The third-order valence-corrected chi connectivity index (χ3v) is 4.32. The molecule has 1 aliphatic heterocycles. The van der Waals surface area contributed by atoms with Crippen molar-refractivity contribution in [2.24, 2.45) is 0 Å². The molecule has 0 aliphatic carbocycles. The van der Waals surface area contributed by atoms with E-state index in [0.29, 0.717) is 0 Å². The minimum absolute atomic E-state index is 0.00944. The van der Waals surface area contributed by atoms with Crippen molar-refractivity contribution >= 4 is 15.7 Å². The molecule has 0 amide bonds. The lowest BCUT2D eigenvalue weighted by Gasteiger charge is -2.23. The number of benzene rings is 1. The topological polar surface area (TPSA) is 58.2 Å². The molecule has 4 nitrogen and oxygen atoms in total. The van der Waals surface area contributed by atoms with Crippen molar-refractivity contribution < 1.29 is 12.8 Å². The van der Waals surface area contributed by atoms with E-state index in [-0.39, 0.29) is 17.5 Å². The first-order chi connectivity index (χ1) is 8.55. The molecule has 1 aromatic carbocycles. The minimum atomic E-state index is -3.43. The zero-order chi connectivity index (χ0) is 13.0. The standard InChI is InChI=1S/C12H17FN2O2S/c13-10-4-3-6-11(8-10)15-18(16,17)9-12-5-1-2-7-14-12/h3-4,6,8,12,14-15H,1-2,5,7,9H2. The van der Waals surface area contributed by atoms with Crippen LogP contribution in [0.15, 0.2) is 24.3 Å². The second kappa shape index (κ2) is 5.67. The van der Waals surface area contributed by atoms with Crippen LogP contribution in [0.1, 0.15) is 19.3 Å². The lowest BCUT2D eigenvalue weighted by atomic mass is 10.1. The second-order valence-corrected chi connectivity index (χ2v) is 6.31. The molecule has 2 rings (SSSR count). The van der Waals surface area contributed by atoms with Crippen molar-refractivity contribution in [2.75, 3.05) is 17.0 Å². The molecule has 0 bridgehead atoms. The van der Waals surface area contributed by atoms with Crippen molar-refractivity contribution in [1.29, 1.82) is 0 Å². The molecule has 18 heavy (non-hydrogen) atoms. The maximum absolute atomic E-state index is 13.0. The molecule has 100 valence electrons. The molecule has 0 spiro atoms. The lowest BCUT2D eigenvalue weighted by Crippen LogP contribution is -2.40. The Hall–Kier alpha value is -1.14. The maximum Gasteiger partial charge on any atom is 0.234 e. The van der Waals surface area contributed by atoms with Gasteiger partial charge in [0, 0.05) is 6.04 Å². The van der Waals surface area contributed by atoms with Gasteiger partial charge in [0.05, 0.1) is 11.4 Å². The predicted octanol–water partition coefficient (Wildman–Crippen LogP) is 1.71. The van der Waals surface area contributed by atoms with Crippen LogP contribution in [0.5, 0.6) is 0 Å². The Morgan fingerprint density at radius 1 is 1.39 bits per heavy atom. The van der Waals surface area contributed by atoms with E-state index in [9.17, 15) is 12.8 Å². The quantitative estimate of drug-likeness (QED) is 0.877. The van der Waals surface area contributed by atoms with E-state index in [2.05, 4.69) is 10.0 Å². The van der Waals surface area contributed by atoms with Gasteiger partial charge < -0.3 is 5.32 Å². The average Bonchev–Trinajstić information content (AvgIpc) is 2.28. The van der Waals surface area contributed by atoms with E-state index in [0.717, 1.165) is 25.8 Å². The molecule has 0 aromatic heterocycles. The first kappa shape index (κ1) is 13.3. The molecule has 1 saturated heterocycles. The van der Waals surface area contributed by atoms with E-state index in [1.165, 1.54) is 24.3 Å². The molecule has 1 aromatic rings. The first-order valence-corrected chi connectivity index (χ1v) is 7.70. The monoisotopic (exact) mass is 272 g/mol. The third kappa shape index (κ3) is 3.96. The summed E-state index contributed by atoms with van der Waals surface area (Å²) >= 11 is 0. The number of halogens is 1. The van der Waals surface area contributed by atoms with Gasteiger partial charge in [0.25, 0.3) is 0 Å². The van der Waals surface area contributed by atoms with E-state index in [1.54, 1.807) is 0 Å². The van der Waals surface area contributed by atoms with Crippen molar-refractivity contribution in [2.45, 2.75) is 25.3 Å². The first-order valence-electron chi connectivity index (χ1n) is 6.05. The Labute approximate surface area is 107 Å². The van der Waals surface area contributed by atoms with Gasteiger partial charge in [-0.3, -0.25) is 4.72 Å². The molecule has 6 heteroatoms. The van der Waals surface area contributed by atoms with Crippen LogP contribution in [0.4, 0.5) is 10.1 Å². The summed E-state index contributed by atoms with van der Waals surface area (Å²) in [7, 11) is -3.43. The molecule has 0 radical (unpaired) electrons. The van der Waals surface area contributed by atoms with Crippen LogP contribution < -0.4 is 10.0 Å². The van der Waals surface area contributed by atoms with Crippen molar-refractivity contribution in [3.05, 3.63) is 30.1 Å². The Kier molecular flexibility index (Phi) is 4.19. The predicted molar refractivity (Wildman–Crippen MR) is 69.5 cm³/mol. The Bertz CT molecular complexity index is 499. The van der Waals surface area contributed by atoms with Gasteiger partial charge in [-0.05, 0) is 37.6 Å². The van der Waals surface area contributed by atoms with Crippen LogP contribution in [0.3, 0.4) is 0 Å². The van der Waals surface area contributed by atoms with Gasteiger partial charge in [-0.1, -0.05) is 12.5 Å². The highest BCUT2D eigenvalue weighted by Gasteiger charge is 2.20. The van der Waals surface area contributed by atoms with E-state index in [4.69, 9.17) is 0 Å². The molecule has 0 saturated carbocycles. The number of hydrogen-bond donors (Lipinski definition) is 2. The van der Waals surface area contributed by atoms with E-state index >= 15 is 0 Å². The molecule has 1 fully saturated rings. The number of hydrogen-bond acceptors (Lipinski definition) is 3. The summed E-state index contributed by atoms with van der Waals surface area (Å²) in [6, 6.07) is 5.46. The number of nitrogens with one attached hydrogen (secondary N) is 2. The number of piperidine rings is 1. The largest absolute Gasteiger partial charge is 0.313 e. The lowest BCUT2D eigenvalue weighted by molar-refractivity contribution is 0.424. The Balaban J connectivity index is 1.98. The molecule has 1 aliphatic rings. The number of anilines is 1. The highest BCUT2D eigenvalue weighted by Crippen LogP contribution is 2.14. The summed E-state index contributed by atoms with van der Waals surface area (Å²) in [6.45, 7) is 0.861. The van der Waals surface area contributed by atoms with Gasteiger partial charge in [-0.2, -0.15) is 0 Å². The van der Waals surface area contributed by atoms with E-state index < -0.39 is 15.8 Å². The molecule has 1 atom stereocenters. The highest BCUT2D eigenvalue weighted by molar-refractivity contribution is 7.92. The smallest absolute Gasteiger partial charge is 0.234 e. The van der Waals surface area contributed by atoms with Gasteiger partial charge in [0.15, 0.2) is 0 Å².